The Balaban J connectivity index is 1.63. The molecule has 0 fully saturated rings. The molecule has 0 saturated heterocycles. The Bertz CT molecular complexity index is 1600. The molecule has 2 aliphatic rings. The molecule has 0 unspecified atom stereocenters. The average Bonchev–Trinajstić information content (AvgIpc) is 3.29. The fourth-order valence-corrected chi connectivity index (χ4v) is 6.69. The molecule has 0 aromatic heterocycles. The predicted octanol–water partition coefficient (Wildman–Crippen LogP) is 6.05. The number of benzene rings is 2. The lowest BCUT2D eigenvalue weighted by Crippen LogP contribution is -2.28. The van der Waals surface area contributed by atoms with E-state index in [0.29, 0.717) is 19.6 Å². The van der Waals surface area contributed by atoms with Gasteiger partial charge in [0.1, 0.15) is 16.7 Å². The van der Waals surface area contributed by atoms with E-state index in [2.05, 4.69) is 53.7 Å². The Hall–Kier alpha value is -3.53. The van der Waals surface area contributed by atoms with Gasteiger partial charge in [-0.3, -0.25) is 4.79 Å². The van der Waals surface area contributed by atoms with Crippen molar-refractivity contribution in [2.24, 2.45) is 0 Å². The largest absolute Gasteiger partial charge is 0.744 e. The highest BCUT2D eigenvalue weighted by molar-refractivity contribution is 7.85. The molecule has 0 saturated carbocycles. The molecule has 0 radical (unpaired) electrons. The second-order valence-corrected chi connectivity index (χ2v) is 13.5. The predicted molar refractivity (Wildman–Crippen MR) is 168 cm³/mol. The standard InChI is InChI=1S/C34H42N2O6S/c1-33(2)26-14-11-12-15-28(26)36(22-23-42-5)30(33)16-8-6-9-17-31-34(3,4)27-24-25(43(39,40)41)19-20-29(27)35(31)21-13-7-10-18-32(37)38/h6,8-9,11-12,14-17,19-20,24H,7,10,13,18,21-23H2,1-5H3,(H-,37,38,39,40,41). The Morgan fingerprint density at radius 2 is 1.74 bits per heavy atom. The van der Waals surface area contributed by atoms with E-state index in [0.717, 1.165) is 36.3 Å². The first-order chi connectivity index (χ1) is 20.3. The molecule has 4 rings (SSSR count). The third-order valence-corrected chi connectivity index (χ3v) is 9.30. The van der Waals surface area contributed by atoms with Crippen LogP contribution in [0, 0.1) is 0 Å². The number of nitrogens with zero attached hydrogens (tertiary/aromatic N) is 2. The van der Waals surface area contributed by atoms with Gasteiger partial charge < -0.3 is 19.3 Å². The summed E-state index contributed by atoms with van der Waals surface area (Å²) >= 11 is 0. The highest BCUT2D eigenvalue weighted by Crippen LogP contribution is 2.48. The maximum absolute atomic E-state index is 11.8. The molecule has 0 amide bonds. The van der Waals surface area contributed by atoms with Crippen LogP contribution in [0.4, 0.5) is 11.4 Å². The first-order valence-corrected chi connectivity index (χ1v) is 16.1. The molecule has 43 heavy (non-hydrogen) atoms. The molecule has 2 aromatic rings. The summed E-state index contributed by atoms with van der Waals surface area (Å²) in [5, 5.41) is 8.98. The number of para-hydroxylation sites is 1. The summed E-state index contributed by atoms with van der Waals surface area (Å²) in [5.74, 6) is -0.803. The van der Waals surface area contributed by atoms with E-state index in [4.69, 9.17) is 9.84 Å². The minimum atomic E-state index is -4.60. The molecule has 8 nitrogen and oxygen atoms in total. The molecule has 2 aromatic carbocycles. The molecular weight excluding hydrogens is 564 g/mol. The summed E-state index contributed by atoms with van der Waals surface area (Å²) in [5.41, 5.74) is 5.56. The van der Waals surface area contributed by atoms with Crippen molar-refractivity contribution in [3.05, 3.63) is 89.7 Å². The summed E-state index contributed by atoms with van der Waals surface area (Å²) in [6, 6.07) is 13.0. The molecule has 1 N–H and O–H groups in total. The van der Waals surface area contributed by atoms with Gasteiger partial charge in [-0.15, -0.1) is 0 Å². The van der Waals surface area contributed by atoms with Gasteiger partial charge in [-0.25, -0.2) is 8.42 Å². The van der Waals surface area contributed by atoms with E-state index in [-0.39, 0.29) is 16.7 Å². The second kappa shape index (κ2) is 13.0. The Morgan fingerprint density at radius 1 is 1.00 bits per heavy atom. The third-order valence-electron chi connectivity index (χ3n) is 8.47. The number of carbonyl (C=O) groups is 1. The Kier molecular flexibility index (Phi) is 9.79. The minimum absolute atomic E-state index is 0.133. The highest BCUT2D eigenvalue weighted by Gasteiger charge is 2.44. The number of allylic oxidation sites excluding steroid dienone is 6. The zero-order valence-corrected chi connectivity index (χ0v) is 26.5. The van der Waals surface area contributed by atoms with Crippen molar-refractivity contribution in [1.29, 1.82) is 0 Å². The lowest BCUT2D eigenvalue weighted by Gasteiger charge is -2.27. The van der Waals surface area contributed by atoms with Crippen LogP contribution in [0.1, 0.15) is 64.5 Å². The van der Waals surface area contributed by atoms with Crippen molar-refractivity contribution < 1.29 is 32.2 Å². The number of rotatable bonds is 13. The van der Waals surface area contributed by atoms with Crippen LogP contribution < -0.4 is 4.90 Å². The molecule has 2 heterocycles. The average molecular weight is 607 g/mol. The van der Waals surface area contributed by atoms with Crippen LogP contribution in [0.3, 0.4) is 0 Å². The van der Waals surface area contributed by atoms with Gasteiger partial charge in [-0.1, -0.05) is 56.7 Å². The van der Waals surface area contributed by atoms with Gasteiger partial charge in [0, 0.05) is 54.6 Å². The van der Waals surface area contributed by atoms with Crippen LogP contribution >= 0.6 is 0 Å². The number of hydrogen-bond donors (Lipinski definition) is 1. The van der Waals surface area contributed by atoms with Crippen LogP contribution in [-0.4, -0.2) is 61.1 Å². The lowest BCUT2D eigenvalue weighted by molar-refractivity contribution is -0.441. The molecular formula is C34H42N2O6S. The maximum Gasteiger partial charge on any atom is 0.303 e. The Morgan fingerprint density at radius 3 is 2.44 bits per heavy atom. The quantitative estimate of drug-likeness (QED) is 0.128. The van der Waals surface area contributed by atoms with Crippen molar-refractivity contribution in [3.8, 4) is 0 Å². The second-order valence-electron chi connectivity index (χ2n) is 12.1. The zero-order chi connectivity index (χ0) is 31.4. The van der Waals surface area contributed by atoms with Crippen LogP contribution in [0.5, 0.6) is 0 Å². The first kappa shape index (κ1) is 32.4. The van der Waals surface area contributed by atoms with Gasteiger partial charge in [-0.2, -0.15) is 4.58 Å². The van der Waals surface area contributed by atoms with Gasteiger partial charge in [0.25, 0.3) is 0 Å². The van der Waals surface area contributed by atoms with E-state index in [1.165, 1.54) is 29.1 Å². The van der Waals surface area contributed by atoms with Crippen LogP contribution in [0.2, 0.25) is 0 Å². The molecule has 0 bridgehead atoms. The highest BCUT2D eigenvalue weighted by atomic mass is 32.2. The first-order valence-electron chi connectivity index (χ1n) is 14.7. The number of fused-ring (bicyclic) bond motifs is 2. The Labute approximate surface area is 255 Å². The zero-order valence-electron chi connectivity index (χ0n) is 25.7. The number of carboxylic acids is 1. The summed E-state index contributed by atoms with van der Waals surface area (Å²) < 4.78 is 43.1. The van der Waals surface area contributed by atoms with Gasteiger partial charge in [-0.05, 0) is 56.5 Å². The molecule has 230 valence electrons. The molecule has 0 atom stereocenters. The molecule has 2 aliphatic heterocycles. The number of carboxylic acid groups (broad SMARTS) is 1. The van der Waals surface area contributed by atoms with Crippen LogP contribution in [0.15, 0.2) is 83.4 Å². The number of unbranched alkanes of at least 4 members (excludes halogenated alkanes) is 2. The van der Waals surface area contributed by atoms with E-state index < -0.39 is 21.5 Å². The topological polar surface area (TPSA) is 110 Å². The maximum atomic E-state index is 11.8. The van der Waals surface area contributed by atoms with Crippen molar-refractivity contribution in [2.45, 2.75) is 69.1 Å². The molecule has 9 heteroatoms. The summed E-state index contributed by atoms with van der Waals surface area (Å²) in [4.78, 5) is 12.8. The summed E-state index contributed by atoms with van der Waals surface area (Å²) in [7, 11) is -2.89. The van der Waals surface area contributed by atoms with Crippen LogP contribution in [0.25, 0.3) is 0 Å². The molecule has 0 spiro atoms. The smallest absolute Gasteiger partial charge is 0.303 e. The number of methoxy groups -OCH3 is 1. The van der Waals surface area contributed by atoms with E-state index in [1.54, 1.807) is 13.2 Å². The number of ether oxygens (including phenoxy) is 1. The minimum Gasteiger partial charge on any atom is -0.744 e. The van der Waals surface area contributed by atoms with Gasteiger partial charge in [0.2, 0.25) is 5.69 Å². The summed E-state index contributed by atoms with van der Waals surface area (Å²) in [6.07, 6.45) is 12.4. The van der Waals surface area contributed by atoms with Crippen molar-refractivity contribution in [1.82, 2.24) is 0 Å². The SMILES string of the molecule is COCC[N+]1=C(/C=C/C=C/C=C2/N(CCCCCC(=O)O)c3ccc(S(=O)(=O)[O-])cc3C2(C)C)C(C)(C)c2ccccc21. The van der Waals surface area contributed by atoms with Gasteiger partial charge in [0.15, 0.2) is 12.3 Å². The van der Waals surface area contributed by atoms with Gasteiger partial charge >= 0.3 is 5.97 Å². The van der Waals surface area contributed by atoms with E-state index in [1.807, 2.05) is 38.2 Å². The number of aliphatic carboxylic acids is 1. The monoisotopic (exact) mass is 606 g/mol. The van der Waals surface area contributed by atoms with Crippen molar-refractivity contribution in [2.75, 3.05) is 31.7 Å². The van der Waals surface area contributed by atoms with Crippen molar-refractivity contribution in [3.63, 3.8) is 0 Å². The van der Waals surface area contributed by atoms with Crippen LogP contribution in [-0.2, 0) is 30.5 Å². The normalized spacial score (nSPS) is 18.3. The van der Waals surface area contributed by atoms with Gasteiger partial charge in [0.05, 0.1) is 10.3 Å². The fourth-order valence-electron chi connectivity index (χ4n) is 6.20. The molecule has 0 aliphatic carbocycles. The lowest BCUT2D eigenvalue weighted by atomic mass is 9.81. The fraction of sp³-hybridized carbons (Fsp3) is 0.412. The summed E-state index contributed by atoms with van der Waals surface area (Å²) in [6.45, 7) is 10.5. The number of anilines is 1. The number of hydrogen-bond acceptors (Lipinski definition) is 6. The van der Waals surface area contributed by atoms with E-state index >= 15 is 0 Å². The van der Waals surface area contributed by atoms with Crippen molar-refractivity contribution >= 4 is 33.2 Å². The third kappa shape index (κ3) is 6.84. The van der Waals surface area contributed by atoms with E-state index in [9.17, 15) is 17.8 Å².